The van der Waals surface area contributed by atoms with Gasteiger partial charge < -0.3 is 9.72 Å². The molecule has 1 unspecified atom stereocenters. The second-order valence-electron chi connectivity index (χ2n) is 5.10. The van der Waals surface area contributed by atoms with Gasteiger partial charge in [0.15, 0.2) is 0 Å². The topological polar surface area (TPSA) is 47.0 Å². The Morgan fingerprint density at radius 1 is 1.50 bits per heavy atom. The first-order valence-electron chi connectivity index (χ1n) is 6.51. The third kappa shape index (κ3) is 1.97. The molecule has 18 heavy (non-hydrogen) atoms. The Morgan fingerprint density at radius 2 is 2.39 bits per heavy atom. The summed E-state index contributed by atoms with van der Waals surface area (Å²) >= 11 is 0. The van der Waals surface area contributed by atoms with Crippen molar-refractivity contribution in [2.24, 2.45) is 5.92 Å². The number of nitrogens with zero attached hydrogens (tertiary/aromatic N) is 1. The van der Waals surface area contributed by atoms with E-state index in [9.17, 15) is 4.79 Å². The molecule has 1 saturated heterocycles. The Bertz CT molecular complexity index is 606. The van der Waals surface area contributed by atoms with Crippen molar-refractivity contribution in [2.45, 2.75) is 26.3 Å². The highest BCUT2D eigenvalue weighted by Crippen LogP contribution is 2.19. The number of imidazole rings is 1. The lowest BCUT2D eigenvalue weighted by atomic mass is 10.0. The summed E-state index contributed by atoms with van der Waals surface area (Å²) < 4.78 is 7.35. The average molecular weight is 246 g/mol. The zero-order valence-corrected chi connectivity index (χ0v) is 10.6. The summed E-state index contributed by atoms with van der Waals surface area (Å²) in [5.41, 5.74) is 3.09. The van der Waals surface area contributed by atoms with Crippen molar-refractivity contribution in [3.8, 4) is 0 Å². The fourth-order valence-electron chi connectivity index (χ4n) is 2.79. The maximum Gasteiger partial charge on any atom is 0.326 e. The van der Waals surface area contributed by atoms with Gasteiger partial charge in [0.2, 0.25) is 0 Å². The quantitative estimate of drug-likeness (QED) is 0.881. The normalized spacial score (nSPS) is 20.4. The van der Waals surface area contributed by atoms with Gasteiger partial charge in [-0.3, -0.25) is 4.57 Å². The fraction of sp³-hybridized carbons (Fsp3) is 0.500. The number of aromatic amines is 1. The molecule has 1 aliphatic rings. The lowest BCUT2D eigenvalue weighted by Crippen LogP contribution is -2.27. The van der Waals surface area contributed by atoms with Crippen LogP contribution in [0.4, 0.5) is 0 Å². The molecule has 0 aliphatic carbocycles. The zero-order valence-electron chi connectivity index (χ0n) is 10.6. The molecule has 0 saturated carbocycles. The first-order chi connectivity index (χ1) is 8.75. The van der Waals surface area contributed by atoms with Crippen molar-refractivity contribution in [3.63, 3.8) is 0 Å². The summed E-state index contributed by atoms with van der Waals surface area (Å²) in [6, 6.07) is 5.97. The van der Waals surface area contributed by atoms with Crippen LogP contribution < -0.4 is 5.69 Å². The van der Waals surface area contributed by atoms with E-state index < -0.39 is 0 Å². The molecule has 96 valence electrons. The van der Waals surface area contributed by atoms with Crippen LogP contribution in [0.15, 0.2) is 23.0 Å². The molecule has 0 bridgehead atoms. The summed E-state index contributed by atoms with van der Waals surface area (Å²) in [6.07, 6.45) is 2.24. The predicted octanol–water partition coefficient (Wildman–Crippen LogP) is 2.06. The Hall–Kier alpha value is -1.55. The van der Waals surface area contributed by atoms with Gasteiger partial charge in [-0.15, -0.1) is 0 Å². The van der Waals surface area contributed by atoms with Gasteiger partial charge in [0.1, 0.15) is 0 Å². The van der Waals surface area contributed by atoms with Crippen molar-refractivity contribution in [2.75, 3.05) is 13.2 Å². The molecule has 1 aliphatic heterocycles. The van der Waals surface area contributed by atoms with E-state index in [0.29, 0.717) is 5.92 Å². The minimum atomic E-state index is -0.00938. The summed E-state index contributed by atoms with van der Waals surface area (Å²) in [6.45, 7) is 4.43. The number of rotatable bonds is 2. The van der Waals surface area contributed by atoms with E-state index in [1.807, 2.05) is 29.7 Å². The van der Waals surface area contributed by atoms with E-state index >= 15 is 0 Å². The minimum Gasteiger partial charge on any atom is -0.381 e. The van der Waals surface area contributed by atoms with E-state index in [2.05, 4.69) is 4.98 Å². The molecule has 3 rings (SSSR count). The van der Waals surface area contributed by atoms with Crippen molar-refractivity contribution in [1.29, 1.82) is 0 Å². The molecule has 0 spiro atoms. The van der Waals surface area contributed by atoms with E-state index in [4.69, 9.17) is 4.74 Å². The van der Waals surface area contributed by atoms with Gasteiger partial charge in [-0.1, -0.05) is 12.1 Å². The lowest BCUT2D eigenvalue weighted by Gasteiger charge is -2.22. The number of aryl methyl sites for hydroxylation is 1. The van der Waals surface area contributed by atoms with Gasteiger partial charge in [-0.2, -0.15) is 0 Å². The van der Waals surface area contributed by atoms with Crippen molar-refractivity contribution < 1.29 is 4.74 Å². The highest BCUT2D eigenvalue weighted by atomic mass is 16.5. The van der Waals surface area contributed by atoms with Crippen molar-refractivity contribution in [1.82, 2.24) is 9.55 Å². The van der Waals surface area contributed by atoms with Gasteiger partial charge in [-0.05, 0) is 31.4 Å². The number of ether oxygens (including phenoxy) is 1. The largest absolute Gasteiger partial charge is 0.381 e. The van der Waals surface area contributed by atoms with Crippen LogP contribution >= 0.6 is 0 Å². The molecule has 2 aromatic rings. The molecule has 4 nitrogen and oxygen atoms in total. The number of nitrogens with one attached hydrogen (secondary N) is 1. The Kier molecular flexibility index (Phi) is 2.96. The number of aromatic nitrogens is 2. The van der Waals surface area contributed by atoms with Crippen LogP contribution in [-0.4, -0.2) is 22.8 Å². The highest BCUT2D eigenvalue weighted by Gasteiger charge is 2.17. The third-order valence-electron chi connectivity index (χ3n) is 3.69. The maximum atomic E-state index is 12.0. The molecule has 1 N–H and O–H groups in total. The molecular weight excluding hydrogens is 228 g/mol. The monoisotopic (exact) mass is 246 g/mol. The summed E-state index contributed by atoms with van der Waals surface area (Å²) in [7, 11) is 0. The number of benzene rings is 1. The molecule has 2 heterocycles. The van der Waals surface area contributed by atoms with Gasteiger partial charge in [0.25, 0.3) is 0 Å². The van der Waals surface area contributed by atoms with E-state index in [-0.39, 0.29) is 5.69 Å². The van der Waals surface area contributed by atoms with Gasteiger partial charge in [0, 0.05) is 19.1 Å². The number of fused-ring (bicyclic) bond motifs is 1. The summed E-state index contributed by atoms with van der Waals surface area (Å²) in [4.78, 5) is 15.0. The molecule has 0 radical (unpaired) electrons. The van der Waals surface area contributed by atoms with E-state index in [1.54, 1.807) is 0 Å². The third-order valence-corrected chi connectivity index (χ3v) is 3.69. The van der Waals surface area contributed by atoms with E-state index in [1.165, 1.54) is 0 Å². The highest BCUT2D eigenvalue weighted by molar-refractivity contribution is 5.78. The lowest BCUT2D eigenvalue weighted by molar-refractivity contribution is 0.0484. The Morgan fingerprint density at radius 3 is 3.17 bits per heavy atom. The van der Waals surface area contributed by atoms with Crippen molar-refractivity contribution in [3.05, 3.63) is 34.2 Å². The van der Waals surface area contributed by atoms with Crippen LogP contribution in [-0.2, 0) is 11.3 Å². The first kappa shape index (κ1) is 11.5. The SMILES string of the molecule is Cc1cccc2[nH]c(=O)n(CC3CCCOC3)c12. The average Bonchev–Trinajstić information content (AvgIpc) is 2.69. The molecule has 4 heteroatoms. The van der Waals surface area contributed by atoms with Gasteiger partial charge in [-0.25, -0.2) is 4.79 Å². The number of hydrogen-bond donors (Lipinski definition) is 1. The summed E-state index contributed by atoms with van der Waals surface area (Å²) in [5, 5.41) is 0. The van der Waals surface area contributed by atoms with Crippen LogP contribution in [0, 0.1) is 12.8 Å². The Labute approximate surface area is 106 Å². The Balaban J connectivity index is 2.00. The summed E-state index contributed by atoms with van der Waals surface area (Å²) in [5.74, 6) is 0.454. The number of H-pyrrole nitrogens is 1. The molecule has 1 fully saturated rings. The second kappa shape index (κ2) is 4.61. The molecule has 0 amide bonds. The molecule has 1 aromatic carbocycles. The fourth-order valence-corrected chi connectivity index (χ4v) is 2.79. The smallest absolute Gasteiger partial charge is 0.326 e. The first-order valence-corrected chi connectivity index (χ1v) is 6.51. The minimum absolute atomic E-state index is 0.00938. The molecule has 1 atom stereocenters. The molecular formula is C14H18N2O2. The van der Waals surface area contributed by atoms with Crippen LogP contribution in [0.25, 0.3) is 11.0 Å². The van der Waals surface area contributed by atoms with Crippen LogP contribution in [0.1, 0.15) is 18.4 Å². The molecule has 1 aromatic heterocycles. The zero-order chi connectivity index (χ0) is 12.5. The second-order valence-corrected chi connectivity index (χ2v) is 5.10. The van der Waals surface area contributed by atoms with Gasteiger partial charge in [0.05, 0.1) is 17.6 Å². The van der Waals surface area contributed by atoms with Crippen molar-refractivity contribution >= 4 is 11.0 Å². The van der Waals surface area contributed by atoms with Crippen LogP contribution in [0.5, 0.6) is 0 Å². The standard InChI is InChI=1S/C14H18N2O2/c1-10-4-2-6-12-13(10)16(14(17)15-12)8-11-5-3-7-18-9-11/h2,4,6,11H,3,5,7-9H2,1H3,(H,15,17). The predicted molar refractivity (Wildman–Crippen MR) is 70.8 cm³/mol. The number of hydrogen-bond acceptors (Lipinski definition) is 2. The van der Waals surface area contributed by atoms with E-state index in [0.717, 1.165) is 49.2 Å². The van der Waals surface area contributed by atoms with Gasteiger partial charge >= 0.3 is 5.69 Å². The van der Waals surface area contributed by atoms with Crippen LogP contribution in [0.3, 0.4) is 0 Å². The maximum absolute atomic E-state index is 12.0. The van der Waals surface area contributed by atoms with Crippen LogP contribution in [0.2, 0.25) is 0 Å². The number of para-hydroxylation sites is 1.